The largest absolute Gasteiger partial charge is 0.350 e. The standard InChI is InChI=1S/C20H25N3O3/c21-17(12-6-7-12)11-22-18(24)13-8-9-15-16(10-13)20(26)23(19(15)25)14-4-2-1-3-5-14/h8-10,12,14,17H,1-7,11,21H2,(H,22,24). The van der Waals surface area contributed by atoms with Crippen LogP contribution in [0.1, 0.15) is 76.0 Å². The lowest BCUT2D eigenvalue weighted by Gasteiger charge is -2.29. The molecule has 26 heavy (non-hydrogen) atoms. The van der Waals surface area contributed by atoms with Crippen molar-refractivity contribution in [2.75, 3.05) is 6.54 Å². The van der Waals surface area contributed by atoms with Gasteiger partial charge >= 0.3 is 0 Å². The highest BCUT2D eigenvalue weighted by Gasteiger charge is 2.40. The SMILES string of the molecule is NC(CNC(=O)c1ccc2c(c1)C(=O)N(C1CCCCC1)C2=O)C1CC1. The lowest BCUT2D eigenvalue weighted by atomic mass is 9.94. The molecule has 0 radical (unpaired) electrons. The maximum absolute atomic E-state index is 12.8. The van der Waals surface area contributed by atoms with Crippen LogP contribution in [0.15, 0.2) is 18.2 Å². The summed E-state index contributed by atoms with van der Waals surface area (Å²) >= 11 is 0. The highest BCUT2D eigenvalue weighted by molar-refractivity contribution is 6.22. The van der Waals surface area contributed by atoms with Crippen molar-refractivity contribution in [2.45, 2.75) is 57.0 Å². The quantitative estimate of drug-likeness (QED) is 0.791. The van der Waals surface area contributed by atoms with Crippen molar-refractivity contribution >= 4 is 17.7 Å². The highest BCUT2D eigenvalue weighted by atomic mass is 16.2. The minimum absolute atomic E-state index is 0.00929. The predicted octanol–water partition coefficient (Wildman–Crippen LogP) is 2.08. The Bertz CT molecular complexity index is 751. The van der Waals surface area contributed by atoms with E-state index in [0.29, 0.717) is 29.2 Å². The highest BCUT2D eigenvalue weighted by Crippen LogP contribution is 2.32. The van der Waals surface area contributed by atoms with Crippen LogP contribution in [0.3, 0.4) is 0 Å². The summed E-state index contributed by atoms with van der Waals surface area (Å²) in [6, 6.07) is 4.75. The fraction of sp³-hybridized carbons (Fsp3) is 0.550. The van der Waals surface area contributed by atoms with E-state index in [2.05, 4.69) is 5.32 Å². The number of rotatable bonds is 5. The van der Waals surface area contributed by atoms with E-state index in [-0.39, 0.29) is 29.8 Å². The molecule has 6 nitrogen and oxygen atoms in total. The van der Waals surface area contributed by atoms with Crippen molar-refractivity contribution < 1.29 is 14.4 Å². The van der Waals surface area contributed by atoms with E-state index < -0.39 is 0 Å². The molecule has 1 aliphatic heterocycles. The number of carbonyl (C=O) groups excluding carboxylic acids is 3. The molecule has 138 valence electrons. The molecule has 2 saturated carbocycles. The Morgan fingerprint density at radius 3 is 2.46 bits per heavy atom. The minimum Gasteiger partial charge on any atom is -0.350 e. The number of nitrogens with zero attached hydrogens (tertiary/aromatic N) is 1. The van der Waals surface area contributed by atoms with Crippen molar-refractivity contribution in [3.8, 4) is 0 Å². The number of hydrogen-bond donors (Lipinski definition) is 2. The summed E-state index contributed by atoms with van der Waals surface area (Å²) < 4.78 is 0. The molecular formula is C20H25N3O3. The Balaban J connectivity index is 1.49. The van der Waals surface area contributed by atoms with Gasteiger partial charge in [-0.05, 0) is 49.8 Å². The van der Waals surface area contributed by atoms with Gasteiger partial charge in [0.1, 0.15) is 0 Å². The Labute approximate surface area is 153 Å². The van der Waals surface area contributed by atoms with Crippen LogP contribution < -0.4 is 11.1 Å². The summed E-state index contributed by atoms with van der Waals surface area (Å²) in [6.07, 6.45) is 7.26. The van der Waals surface area contributed by atoms with Crippen molar-refractivity contribution in [2.24, 2.45) is 11.7 Å². The number of fused-ring (bicyclic) bond motifs is 1. The fourth-order valence-corrected chi connectivity index (χ4v) is 4.08. The summed E-state index contributed by atoms with van der Waals surface area (Å²) in [5, 5.41) is 2.84. The second kappa shape index (κ2) is 6.83. The summed E-state index contributed by atoms with van der Waals surface area (Å²) in [6.45, 7) is 0.432. The number of hydrogen-bond acceptors (Lipinski definition) is 4. The molecule has 2 fully saturated rings. The number of benzene rings is 1. The monoisotopic (exact) mass is 355 g/mol. The van der Waals surface area contributed by atoms with Crippen molar-refractivity contribution in [1.82, 2.24) is 10.2 Å². The molecule has 0 spiro atoms. The molecule has 1 unspecified atom stereocenters. The van der Waals surface area contributed by atoms with Gasteiger partial charge in [-0.15, -0.1) is 0 Å². The van der Waals surface area contributed by atoms with Crippen LogP contribution in [0, 0.1) is 5.92 Å². The first-order chi connectivity index (χ1) is 12.6. The maximum Gasteiger partial charge on any atom is 0.261 e. The Morgan fingerprint density at radius 1 is 1.08 bits per heavy atom. The third-order valence-corrected chi connectivity index (χ3v) is 5.85. The molecule has 0 bridgehead atoms. The molecule has 3 aliphatic rings. The number of nitrogens with one attached hydrogen (secondary N) is 1. The van der Waals surface area contributed by atoms with Crippen LogP contribution in [0.25, 0.3) is 0 Å². The molecule has 0 saturated heterocycles. The molecule has 2 aliphatic carbocycles. The van der Waals surface area contributed by atoms with E-state index in [0.717, 1.165) is 44.9 Å². The average molecular weight is 355 g/mol. The number of carbonyl (C=O) groups is 3. The molecule has 1 atom stereocenters. The molecule has 1 aromatic carbocycles. The average Bonchev–Trinajstić information content (AvgIpc) is 3.48. The summed E-state index contributed by atoms with van der Waals surface area (Å²) in [5.41, 5.74) is 7.17. The van der Waals surface area contributed by atoms with Gasteiger partial charge < -0.3 is 11.1 Å². The molecule has 3 amide bonds. The summed E-state index contributed by atoms with van der Waals surface area (Å²) in [5.74, 6) is -0.223. The van der Waals surface area contributed by atoms with Crippen LogP contribution in [0.4, 0.5) is 0 Å². The Morgan fingerprint density at radius 2 is 1.77 bits per heavy atom. The van der Waals surface area contributed by atoms with Gasteiger partial charge in [-0.25, -0.2) is 0 Å². The van der Waals surface area contributed by atoms with E-state index in [1.54, 1.807) is 18.2 Å². The van der Waals surface area contributed by atoms with Crippen LogP contribution in [0.2, 0.25) is 0 Å². The van der Waals surface area contributed by atoms with Crippen molar-refractivity contribution in [3.05, 3.63) is 34.9 Å². The normalized spacial score (nSPS) is 21.7. The van der Waals surface area contributed by atoms with Gasteiger partial charge in [0.2, 0.25) is 0 Å². The molecule has 3 N–H and O–H groups in total. The van der Waals surface area contributed by atoms with Gasteiger partial charge in [-0.1, -0.05) is 19.3 Å². The predicted molar refractivity (Wildman–Crippen MR) is 96.8 cm³/mol. The minimum atomic E-state index is -0.263. The summed E-state index contributed by atoms with van der Waals surface area (Å²) in [7, 11) is 0. The molecular weight excluding hydrogens is 330 g/mol. The molecule has 6 heteroatoms. The zero-order valence-electron chi connectivity index (χ0n) is 14.9. The first kappa shape index (κ1) is 17.2. The van der Waals surface area contributed by atoms with Crippen LogP contribution in [-0.4, -0.2) is 41.2 Å². The number of imide groups is 1. The van der Waals surface area contributed by atoms with E-state index in [1.165, 1.54) is 4.90 Å². The Kier molecular flexibility index (Phi) is 4.53. The zero-order valence-corrected chi connectivity index (χ0v) is 14.9. The summed E-state index contributed by atoms with van der Waals surface area (Å²) in [4.78, 5) is 39.3. The molecule has 1 aromatic rings. The van der Waals surface area contributed by atoms with Crippen LogP contribution in [-0.2, 0) is 0 Å². The third-order valence-electron chi connectivity index (χ3n) is 5.85. The van der Waals surface area contributed by atoms with Gasteiger partial charge in [0.05, 0.1) is 11.1 Å². The maximum atomic E-state index is 12.8. The van der Waals surface area contributed by atoms with E-state index in [9.17, 15) is 14.4 Å². The molecule has 1 heterocycles. The van der Waals surface area contributed by atoms with E-state index in [4.69, 9.17) is 5.73 Å². The lowest BCUT2D eigenvalue weighted by Crippen LogP contribution is -2.40. The van der Waals surface area contributed by atoms with E-state index in [1.807, 2.05) is 0 Å². The van der Waals surface area contributed by atoms with Gasteiger partial charge in [0.15, 0.2) is 0 Å². The smallest absolute Gasteiger partial charge is 0.261 e. The zero-order chi connectivity index (χ0) is 18.3. The topological polar surface area (TPSA) is 92.5 Å². The van der Waals surface area contributed by atoms with Crippen LogP contribution in [0.5, 0.6) is 0 Å². The molecule has 4 rings (SSSR count). The van der Waals surface area contributed by atoms with Gasteiger partial charge in [0, 0.05) is 24.2 Å². The van der Waals surface area contributed by atoms with E-state index >= 15 is 0 Å². The van der Waals surface area contributed by atoms with Gasteiger partial charge in [-0.2, -0.15) is 0 Å². The first-order valence-corrected chi connectivity index (χ1v) is 9.62. The number of amides is 3. The number of nitrogens with two attached hydrogens (primary N) is 1. The van der Waals surface area contributed by atoms with Crippen molar-refractivity contribution in [1.29, 1.82) is 0 Å². The van der Waals surface area contributed by atoms with Gasteiger partial charge in [0.25, 0.3) is 17.7 Å². The fourth-order valence-electron chi connectivity index (χ4n) is 4.08. The first-order valence-electron chi connectivity index (χ1n) is 9.62. The van der Waals surface area contributed by atoms with Crippen LogP contribution >= 0.6 is 0 Å². The second-order valence-electron chi connectivity index (χ2n) is 7.74. The van der Waals surface area contributed by atoms with Gasteiger partial charge in [-0.3, -0.25) is 19.3 Å². The molecule has 0 aromatic heterocycles. The lowest BCUT2D eigenvalue weighted by molar-refractivity contribution is 0.0549. The third kappa shape index (κ3) is 3.14. The van der Waals surface area contributed by atoms with Crippen molar-refractivity contribution in [3.63, 3.8) is 0 Å². The second-order valence-corrected chi connectivity index (χ2v) is 7.74. The Hall–Kier alpha value is -2.21.